The summed E-state index contributed by atoms with van der Waals surface area (Å²) in [7, 11) is -3.39. The number of sulfonamides is 1. The van der Waals surface area contributed by atoms with Crippen LogP contribution < -0.4 is 4.72 Å². The number of rotatable bonds is 5. The molecule has 0 radical (unpaired) electrons. The number of halogens is 1. The largest absolute Gasteiger partial charge is 0.240 e. The van der Waals surface area contributed by atoms with E-state index >= 15 is 0 Å². The number of hydrogen-bond donors (Lipinski definition) is 1. The predicted octanol–water partition coefficient (Wildman–Crippen LogP) is 2.93. The standard InChI is InChI=1S/C14H20ClNO2S/c1-11-3-2-4-14(11)16-19(17,18)13-7-5-12(6-8-13)9-10-15/h5-8,11,14,16H,2-4,9-10H2,1H3. The first-order valence-corrected chi connectivity index (χ1v) is 8.72. The predicted molar refractivity (Wildman–Crippen MR) is 78.0 cm³/mol. The first-order valence-electron chi connectivity index (χ1n) is 6.70. The molecule has 5 heteroatoms. The molecule has 19 heavy (non-hydrogen) atoms. The summed E-state index contributed by atoms with van der Waals surface area (Å²) in [6, 6.07) is 7.05. The van der Waals surface area contributed by atoms with E-state index in [4.69, 9.17) is 11.6 Å². The highest BCUT2D eigenvalue weighted by atomic mass is 35.5. The fourth-order valence-electron chi connectivity index (χ4n) is 2.53. The van der Waals surface area contributed by atoms with Crippen molar-refractivity contribution in [3.63, 3.8) is 0 Å². The molecule has 1 aliphatic carbocycles. The van der Waals surface area contributed by atoms with Crippen molar-refractivity contribution >= 4 is 21.6 Å². The fourth-order valence-corrected chi connectivity index (χ4v) is 4.13. The van der Waals surface area contributed by atoms with Gasteiger partial charge in [0.15, 0.2) is 0 Å². The molecule has 1 aromatic carbocycles. The van der Waals surface area contributed by atoms with Crippen molar-refractivity contribution in [3.05, 3.63) is 29.8 Å². The van der Waals surface area contributed by atoms with Gasteiger partial charge >= 0.3 is 0 Å². The third kappa shape index (κ3) is 3.71. The Balaban J connectivity index is 2.10. The van der Waals surface area contributed by atoms with Gasteiger partial charge in [-0.05, 0) is 42.9 Å². The lowest BCUT2D eigenvalue weighted by molar-refractivity contribution is 0.476. The quantitative estimate of drug-likeness (QED) is 0.850. The molecule has 1 saturated carbocycles. The van der Waals surface area contributed by atoms with Gasteiger partial charge in [-0.2, -0.15) is 0 Å². The third-order valence-corrected chi connectivity index (χ3v) is 5.48. The molecule has 0 spiro atoms. The van der Waals surface area contributed by atoms with Crippen molar-refractivity contribution in [3.8, 4) is 0 Å². The zero-order chi connectivity index (χ0) is 13.9. The Bertz CT molecular complexity index is 513. The number of alkyl halides is 1. The summed E-state index contributed by atoms with van der Waals surface area (Å²) in [5.74, 6) is 0.967. The lowest BCUT2D eigenvalue weighted by Crippen LogP contribution is -2.36. The van der Waals surface area contributed by atoms with Gasteiger partial charge in [0.2, 0.25) is 10.0 Å². The first kappa shape index (κ1) is 14.8. The Morgan fingerprint density at radius 1 is 1.26 bits per heavy atom. The second kappa shape index (κ2) is 6.25. The minimum atomic E-state index is -3.39. The summed E-state index contributed by atoms with van der Waals surface area (Å²) < 4.78 is 27.4. The van der Waals surface area contributed by atoms with Gasteiger partial charge in [-0.15, -0.1) is 11.6 Å². The summed E-state index contributed by atoms with van der Waals surface area (Å²) >= 11 is 5.66. The van der Waals surface area contributed by atoms with Crippen molar-refractivity contribution in [1.29, 1.82) is 0 Å². The van der Waals surface area contributed by atoms with Crippen LogP contribution in [0.1, 0.15) is 31.7 Å². The number of aryl methyl sites for hydroxylation is 1. The molecule has 2 atom stereocenters. The zero-order valence-corrected chi connectivity index (χ0v) is 12.7. The topological polar surface area (TPSA) is 46.2 Å². The summed E-state index contributed by atoms with van der Waals surface area (Å²) in [4.78, 5) is 0.338. The minimum Gasteiger partial charge on any atom is -0.208 e. The van der Waals surface area contributed by atoms with Gasteiger partial charge in [-0.25, -0.2) is 13.1 Å². The molecule has 0 saturated heterocycles. The maximum Gasteiger partial charge on any atom is 0.240 e. The van der Waals surface area contributed by atoms with E-state index in [-0.39, 0.29) is 6.04 Å². The van der Waals surface area contributed by atoms with E-state index in [0.29, 0.717) is 16.7 Å². The maximum absolute atomic E-state index is 12.3. The molecule has 0 heterocycles. The van der Waals surface area contributed by atoms with Crippen molar-refractivity contribution < 1.29 is 8.42 Å². The van der Waals surface area contributed by atoms with Gasteiger partial charge < -0.3 is 0 Å². The van der Waals surface area contributed by atoms with Gasteiger partial charge in [0.1, 0.15) is 0 Å². The van der Waals surface area contributed by atoms with E-state index in [1.807, 2.05) is 12.1 Å². The third-order valence-electron chi connectivity index (χ3n) is 3.78. The second-order valence-corrected chi connectivity index (χ2v) is 7.31. The molecule has 106 valence electrons. The Labute approximate surface area is 120 Å². The molecular weight excluding hydrogens is 282 g/mol. The monoisotopic (exact) mass is 301 g/mol. The van der Waals surface area contributed by atoms with Crippen molar-refractivity contribution in [2.75, 3.05) is 5.88 Å². The normalized spacial score (nSPS) is 23.7. The molecule has 3 nitrogen and oxygen atoms in total. The van der Waals surface area contributed by atoms with E-state index in [2.05, 4.69) is 11.6 Å². The number of hydrogen-bond acceptors (Lipinski definition) is 2. The highest BCUT2D eigenvalue weighted by molar-refractivity contribution is 7.89. The van der Waals surface area contributed by atoms with Crippen LogP contribution in [0.4, 0.5) is 0 Å². The highest BCUT2D eigenvalue weighted by Crippen LogP contribution is 2.26. The van der Waals surface area contributed by atoms with Crippen LogP contribution in [0.25, 0.3) is 0 Å². The fraction of sp³-hybridized carbons (Fsp3) is 0.571. The van der Waals surface area contributed by atoms with Gasteiger partial charge in [0.05, 0.1) is 4.90 Å². The SMILES string of the molecule is CC1CCCC1NS(=O)(=O)c1ccc(CCCl)cc1. The first-order chi connectivity index (χ1) is 9.03. The average molecular weight is 302 g/mol. The van der Waals surface area contributed by atoms with E-state index in [1.165, 1.54) is 0 Å². The zero-order valence-electron chi connectivity index (χ0n) is 11.1. The van der Waals surface area contributed by atoms with E-state index in [9.17, 15) is 8.42 Å². The lowest BCUT2D eigenvalue weighted by Gasteiger charge is -2.17. The molecule has 0 aromatic heterocycles. The molecule has 2 unspecified atom stereocenters. The minimum absolute atomic E-state index is 0.0764. The van der Waals surface area contributed by atoms with E-state index in [0.717, 1.165) is 31.2 Å². The molecule has 1 fully saturated rings. The van der Waals surface area contributed by atoms with Gasteiger partial charge in [0, 0.05) is 11.9 Å². The second-order valence-electron chi connectivity index (χ2n) is 5.22. The van der Waals surface area contributed by atoms with Crippen LogP contribution in [0.3, 0.4) is 0 Å². The van der Waals surface area contributed by atoms with Crippen LogP contribution in [0.5, 0.6) is 0 Å². The average Bonchev–Trinajstić information content (AvgIpc) is 2.75. The smallest absolute Gasteiger partial charge is 0.208 e. The van der Waals surface area contributed by atoms with Crippen LogP contribution in [0.15, 0.2) is 29.2 Å². The number of nitrogens with one attached hydrogen (secondary N) is 1. The Morgan fingerprint density at radius 2 is 1.95 bits per heavy atom. The van der Waals surface area contributed by atoms with Gasteiger partial charge in [-0.3, -0.25) is 0 Å². The molecular formula is C14H20ClNO2S. The van der Waals surface area contributed by atoms with Crippen LogP contribution in [0.2, 0.25) is 0 Å². The van der Waals surface area contributed by atoms with Crippen LogP contribution >= 0.6 is 11.6 Å². The molecule has 0 aliphatic heterocycles. The van der Waals surface area contributed by atoms with Crippen LogP contribution in [-0.2, 0) is 16.4 Å². The van der Waals surface area contributed by atoms with Gasteiger partial charge in [0.25, 0.3) is 0 Å². The Kier molecular flexibility index (Phi) is 4.87. The molecule has 1 aromatic rings. The summed E-state index contributed by atoms with van der Waals surface area (Å²) in [6.07, 6.45) is 3.89. The summed E-state index contributed by atoms with van der Waals surface area (Å²) in [5, 5.41) is 0. The van der Waals surface area contributed by atoms with Crippen molar-refractivity contribution in [1.82, 2.24) is 4.72 Å². The molecule has 1 N–H and O–H groups in total. The van der Waals surface area contributed by atoms with Crippen LogP contribution in [-0.4, -0.2) is 20.3 Å². The van der Waals surface area contributed by atoms with Crippen LogP contribution in [0, 0.1) is 5.92 Å². The Hall–Kier alpha value is -0.580. The van der Waals surface area contributed by atoms with E-state index < -0.39 is 10.0 Å². The molecule has 0 amide bonds. The van der Waals surface area contributed by atoms with Crippen molar-refractivity contribution in [2.24, 2.45) is 5.92 Å². The number of benzene rings is 1. The van der Waals surface area contributed by atoms with Crippen molar-refractivity contribution in [2.45, 2.75) is 43.5 Å². The summed E-state index contributed by atoms with van der Waals surface area (Å²) in [6.45, 7) is 2.10. The molecule has 1 aliphatic rings. The van der Waals surface area contributed by atoms with E-state index in [1.54, 1.807) is 12.1 Å². The highest BCUT2D eigenvalue weighted by Gasteiger charge is 2.28. The lowest BCUT2D eigenvalue weighted by atomic mass is 10.1. The maximum atomic E-state index is 12.3. The Morgan fingerprint density at radius 3 is 2.47 bits per heavy atom. The molecule has 2 rings (SSSR count). The summed E-state index contributed by atoms with van der Waals surface area (Å²) in [5.41, 5.74) is 1.06. The molecule has 0 bridgehead atoms. The van der Waals surface area contributed by atoms with Gasteiger partial charge in [-0.1, -0.05) is 25.5 Å².